The van der Waals surface area contributed by atoms with Crippen LogP contribution in [-0.2, 0) is 4.79 Å². The van der Waals surface area contributed by atoms with Crippen molar-refractivity contribution in [1.82, 2.24) is 4.90 Å². The highest BCUT2D eigenvalue weighted by Crippen LogP contribution is 2.36. The average molecular weight is 446 g/mol. The molecule has 2 aromatic rings. The van der Waals surface area contributed by atoms with Crippen LogP contribution in [0.2, 0.25) is 5.02 Å². The van der Waals surface area contributed by atoms with E-state index >= 15 is 0 Å². The first kappa shape index (κ1) is 22.4. The summed E-state index contributed by atoms with van der Waals surface area (Å²) in [5, 5.41) is 2.92. The molecule has 0 aliphatic carbocycles. The normalized spacial score (nSPS) is 13.1. The van der Waals surface area contributed by atoms with E-state index in [1.54, 1.807) is 25.1 Å². The summed E-state index contributed by atoms with van der Waals surface area (Å²) in [4.78, 5) is 38.4. The van der Waals surface area contributed by atoms with Crippen LogP contribution < -0.4 is 20.5 Å². The molecule has 1 fully saturated rings. The Morgan fingerprint density at radius 2 is 1.90 bits per heavy atom. The van der Waals surface area contributed by atoms with Gasteiger partial charge in [0.15, 0.2) is 18.1 Å². The van der Waals surface area contributed by atoms with Gasteiger partial charge in [-0.1, -0.05) is 17.7 Å². The van der Waals surface area contributed by atoms with Gasteiger partial charge in [-0.2, -0.15) is 0 Å². The van der Waals surface area contributed by atoms with Gasteiger partial charge >= 0.3 is 0 Å². The number of carbonyl (C=O) groups is 3. The molecule has 0 radical (unpaired) electrons. The minimum atomic E-state index is -0.668. The summed E-state index contributed by atoms with van der Waals surface area (Å²) in [7, 11) is 1.39. The Kier molecular flexibility index (Phi) is 7.02. The summed E-state index contributed by atoms with van der Waals surface area (Å²) in [6.45, 7) is 2.92. The van der Waals surface area contributed by atoms with E-state index in [0.29, 0.717) is 16.8 Å². The molecule has 0 unspecified atom stereocenters. The van der Waals surface area contributed by atoms with Crippen molar-refractivity contribution in [2.75, 3.05) is 32.1 Å². The number of hydrogen-bond acceptors (Lipinski definition) is 5. The zero-order chi connectivity index (χ0) is 22.5. The third kappa shape index (κ3) is 5.08. The number of methoxy groups -OCH3 is 1. The molecule has 31 heavy (non-hydrogen) atoms. The predicted octanol–water partition coefficient (Wildman–Crippen LogP) is 3.01. The van der Waals surface area contributed by atoms with Crippen molar-refractivity contribution in [3.63, 3.8) is 0 Å². The molecule has 0 aromatic heterocycles. The van der Waals surface area contributed by atoms with Crippen LogP contribution in [-0.4, -0.2) is 49.4 Å². The van der Waals surface area contributed by atoms with Crippen molar-refractivity contribution in [3.05, 3.63) is 52.0 Å². The van der Waals surface area contributed by atoms with E-state index in [2.05, 4.69) is 5.32 Å². The van der Waals surface area contributed by atoms with Gasteiger partial charge in [0.05, 0.1) is 12.1 Å². The number of nitrogens with one attached hydrogen (secondary N) is 1. The molecular weight excluding hydrogens is 422 g/mol. The van der Waals surface area contributed by atoms with E-state index in [1.807, 2.05) is 4.90 Å². The lowest BCUT2D eigenvalue weighted by Gasteiger charge is -2.18. The maximum absolute atomic E-state index is 12.9. The number of primary amides is 1. The Bertz CT molecular complexity index is 1020. The largest absolute Gasteiger partial charge is 0.493 e. The van der Waals surface area contributed by atoms with Gasteiger partial charge < -0.3 is 25.4 Å². The standard InChI is InChI=1S/C22H24ClN3O5/c1-13-15(22(29)26-8-3-4-9-26)6-5-7-17(13)25-21(28)14-10-16(23)20(18(11-14)30-2)31-12-19(24)27/h5-7,10-11H,3-4,8-9,12H2,1-2H3,(H2,24,27)(H,25,28). The maximum atomic E-state index is 12.9. The maximum Gasteiger partial charge on any atom is 0.255 e. The number of carbonyl (C=O) groups excluding carboxylic acids is 3. The second-order valence-corrected chi connectivity index (χ2v) is 7.58. The molecular formula is C22H24ClN3O5. The molecule has 164 valence electrons. The molecule has 0 spiro atoms. The highest BCUT2D eigenvalue weighted by molar-refractivity contribution is 6.32. The van der Waals surface area contributed by atoms with Crippen molar-refractivity contribution >= 4 is 35.0 Å². The minimum Gasteiger partial charge on any atom is -0.493 e. The quantitative estimate of drug-likeness (QED) is 0.680. The van der Waals surface area contributed by atoms with Gasteiger partial charge in [0.1, 0.15) is 0 Å². The van der Waals surface area contributed by atoms with E-state index in [0.717, 1.165) is 25.9 Å². The topological polar surface area (TPSA) is 111 Å². The van der Waals surface area contributed by atoms with Gasteiger partial charge in [0.25, 0.3) is 17.7 Å². The zero-order valence-corrected chi connectivity index (χ0v) is 18.1. The van der Waals surface area contributed by atoms with E-state index in [1.165, 1.54) is 19.2 Å². The van der Waals surface area contributed by atoms with Crippen molar-refractivity contribution in [3.8, 4) is 11.5 Å². The smallest absolute Gasteiger partial charge is 0.255 e. The second-order valence-electron chi connectivity index (χ2n) is 7.18. The Balaban J connectivity index is 1.83. The number of anilines is 1. The van der Waals surface area contributed by atoms with Gasteiger partial charge in [-0.3, -0.25) is 14.4 Å². The van der Waals surface area contributed by atoms with Crippen LogP contribution in [0.15, 0.2) is 30.3 Å². The van der Waals surface area contributed by atoms with Gasteiger partial charge in [-0.25, -0.2) is 0 Å². The van der Waals surface area contributed by atoms with Gasteiger partial charge in [-0.05, 0) is 49.6 Å². The molecule has 1 saturated heterocycles. The second kappa shape index (κ2) is 9.70. The fourth-order valence-corrected chi connectivity index (χ4v) is 3.69. The predicted molar refractivity (Wildman–Crippen MR) is 117 cm³/mol. The minimum absolute atomic E-state index is 0.0354. The lowest BCUT2D eigenvalue weighted by molar-refractivity contribution is -0.119. The monoisotopic (exact) mass is 445 g/mol. The third-order valence-electron chi connectivity index (χ3n) is 5.06. The number of ether oxygens (including phenoxy) is 2. The number of amides is 3. The van der Waals surface area contributed by atoms with E-state index in [4.69, 9.17) is 26.8 Å². The number of likely N-dealkylation sites (tertiary alicyclic amines) is 1. The summed E-state index contributed by atoms with van der Waals surface area (Å²) in [5.41, 5.74) is 7.10. The Morgan fingerprint density at radius 3 is 2.55 bits per heavy atom. The number of halogens is 1. The van der Waals surface area contributed by atoms with Crippen molar-refractivity contribution in [1.29, 1.82) is 0 Å². The molecule has 0 bridgehead atoms. The molecule has 0 atom stereocenters. The number of nitrogens with two attached hydrogens (primary N) is 1. The molecule has 3 amide bonds. The Hall–Kier alpha value is -3.26. The first-order valence-electron chi connectivity index (χ1n) is 9.80. The van der Waals surface area contributed by atoms with Gasteiger partial charge in [0.2, 0.25) is 0 Å². The van der Waals surface area contributed by atoms with Crippen molar-refractivity contribution in [2.45, 2.75) is 19.8 Å². The van der Waals surface area contributed by atoms with Crippen LogP contribution in [0, 0.1) is 6.92 Å². The first-order chi connectivity index (χ1) is 14.8. The van der Waals surface area contributed by atoms with Crippen LogP contribution in [0.4, 0.5) is 5.69 Å². The Labute approximate surface area is 185 Å². The number of rotatable bonds is 7. The average Bonchev–Trinajstić information content (AvgIpc) is 3.28. The summed E-state index contributed by atoms with van der Waals surface area (Å²) >= 11 is 6.23. The molecule has 8 nitrogen and oxygen atoms in total. The van der Waals surface area contributed by atoms with Gasteiger partial charge in [-0.15, -0.1) is 0 Å². The van der Waals surface area contributed by atoms with Gasteiger partial charge in [0, 0.05) is 29.9 Å². The van der Waals surface area contributed by atoms with Crippen molar-refractivity contribution in [2.24, 2.45) is 5.73 Å². The molecule has 1 aliphatic rings. The highest BCUT2D eigenvalue weighted by atomic mass is 35.5. The first-order valence-corrected chi connectivity index (χ1v) is 10.2. The van der Waals surface area contributed by atoms with Crippen LogP contribution >= 0.6 is 11.6 Å². The molecule has 1 heterocycles. The van der Waals surface area contributed by atoms with E-state index in [-0.39, 0.29) is 34.6 Å². The van der Waals surface area contributed by atoms with Crippen LogP contribution in [0.3, 0.4) is 0 Å². The molecule has 0 saturated carbocycles. The third-order valence-corrected chi connectivity index (χ3v) is 5.34. The lowest BCUT2D eigenvalue weighted by atomic mass is 10.0. The summed E-state index contributed by atoms with van der Waals surface area (Å²) in [5.74, 6) is -0.830. The molecule has 3 N–H and O–H groups in total. The van der Waals surface area contributed by atoms with Crippen LogP contribution in [0.1, 0.15) is 39.1 Å². The summed E-state index contributed by atoms with van der Waals surface area (Å²) < 4.78 is 10.5. The van der Waals surface area contributed by atoms with E-state index in [9.17, 15) is 14.4 Å². The van der Waals surface area contributed by atoms with Crippen molar-refractivity contribution < 1.29 is 23.9 Å². The number of benzene rings is 2. The fraction of sp³-hybridized carbons (Fsp3) is 0.318. The molecule has 2 aromatic carbocycles. The summed E-state index contributed by atoms with van der Waals surface area (Å²) in [6, 6.07) is 8.09. The highest BCUT2D eigenvalue weighted by Gasteiger charge is 2.23. The Morgan fingerprint density at radius 1 is 1.19 bits per heavy atom. The van der Waals surface area contributed by atoms with Crippen LogP contribution in [0.5, 0.6) is 11.5 Å². The summed E-state index contributed by atoms with van der Waals surface area (Å²) in [6.07, 6.45) is 2.01. The number of hydrogen-bond donors (Lipinski definition) is 2. The molecule has 9 heteroatoms. The SMILES string of the molecule is COc1cc(C(=O)Nc2cccc(C(=O)N3CCCC3)c2C)cc(Cl)c1OCC(N)=O. The van der Waals surface area contributed by atoms with E-state index < -0.39 is 11.8 Å². The fourth-order valence-electron chi connectivity index (χ4n) is 3.42. The van der Waals surface area contributed by atoms with Crippen LogP contribution in [0.25, 0.3) is 0 Å². The molecule has 3 rings (SSSR count). The molecule has 1 aliphatic heterocycles. The zero-order valence-electron chi connectivity index (χ0n) is 17.4. The lowest BCUT2D eigenvalue weighted by Crippen LogP contribution is -2.28. The number of nitrogens with zero attached hydrogens (tertiary/aromatic N) is 1.